The van der Waals surface area contributed by atoms with Crippen molar-refractivity contribution in [2.75, 3.05) is 5.75 Å². The lowest BCUT2D eigenvalue weighted by atomic mass is 10.1. The largest absolute Gasteiger partial charge is 0.483 e. The van der Waals surface area contributed by atoms with Crippen LogP contribution >= 0.6 is 27.7 Å². The molecule has 0 spiro atoms. The molecule has 1 aromatic heterocycles. The summed E-state index contributed by atoms with van der Waals surface area (Å²) < 4.78 is 13.9. The highest BCUT2D eigenvalue weighted by molar-refractivity contribution is 9.10. The predicted octanol–water partition coefficient (Wildman–Crippen LogP) is 7.70. The minimum Gasteiger partial charge on any atom is -0.483 e. The summed E-state index contributed by atoms with van der Waals surface area (Å²) in [7, 11) is 0. The highest BCUT2D eigenvalue weighted by atomic mass is 79.9. The first-order valence-electron chi connectivity index (χ1n) is 10.8. The number of fused-ring (bicyclic) bond motifs is 1. The summed E-state index contributed by atoms with van der Waals surface area (Å²) in [4.78, 5) is 9.66. The highest BCUT2D eigenvalue weighted by Crippen LogP contribution is 2.50. The third kappa shape index (κ3) is 5.17. The first-order chi connectivity index (χ1) is 14.8. The van der Waals surface area contributed by atoms with Crippen molar-refractivity contribution in [3.05, 3.63) is 52.0 Å². The van der Waals surface area contributed by atoms with Crippen molar-refractivity contribution in [2.45, 2.75) is 70.2 Å². The Balaban J connectivity index is 1.90. The van der Waals surface area contributed by atoms with E-state index < -0.39 is 0 Å². The Labute approximate surface area is 197 Å². The summed E-state index contributed by atoms with van der Waals surface area (Å²) in [6.45, 7) is 10.3. The maximum absolute atomic E-state index is 6.58. The van der Waals surface area contributed by atoms with Gasteiger partial charge in [-0.1, -0.05) is 49.0 Å². The summed E-state index contributed by atoms with van der Waals surface area (Å²) in [5, 5.41) is 1.62. The van der Waals surface area contributed by atoms with E-state index in [4.69, 9.17) is 19.4 Å². The molecule has 1 aliphatic rings. The molecule has 0 unspecified atom stereocenters. The van der Waals surface area contributed by atoms with E-state index in [9.17, 15) is 0 Å². The molecule has 31 heavy (non-hydrogen) atoms. The maximum atomic E-state index is 6.58. The molecule has 0 bridgehead atoms. The number of benzene rings is 2. The van der Waals surface area contributed by atoms with Gasteiger partial charge in [0.05, 0.1) is 9.86 Å². The Kier molecular flexibility index (Phi) is 6.50. The van der Waals surface area contributed by atoms with Crippen LogP contribution in [-0.2, 0) is 0 Å². The van der Waals surface area contributed by atoms with Crippen LogP contribution in [0.25, 0.3) is 10.9 Å². The minimum absolute atomic E-state index is 0.112. The van der Waals surface area contributed by atoms with Crippen molar-refractivity contribution in [1.82, 2.24) is 9.97 Å². The lowest BCUT2D eigenvalue weighted by molar-refractivity contribution is 0.125. The van der Waals surface area contributed by atoms with Gasteiger partial charge in [-0.3, -0.25) is 0 Å². The van der Waals surface area contributed by atoms with E-state index in [1.165, 1.54) is 18.4 Å². The van der Waals surface area contributed by atoms with Crippen LogP contribution in [0.4, 0.5) is 0 Å². The molecule has 0 saturated heterocycles. The highest BCUT2D eigenvalue weighted by Gasteiger charge is 2.31. The number of thioether (sulfide) groups is 1. The fourth-order valence-electron chi connectivity index (χ4n) is 3.52. The quantitative estimate of drug-likeness (QED) is 0.245. The fourth-order valence-corrected chi connectivity index (χ4v) is 4.80. The van der Waals surface area contributed by atoms with Crippen LogP contribution in [0.2, 0.25) is 0 Å². The second kappa shape index (κ2) is 8.99. The first kappa shape index (κ1) is 22.4. The molecule has 2 aromatic carbocycles. The van der Waals surface area contributed by atoms with Crippen LogP contribution in [-0.4, -0.2) is 21.3 Å². The van der Waals surface area contributed by atoms with Gasteiger partial charge >= 0.3 is 0 Å². The van der Waals surface area contributed by atoms with Crippen molar-refractivity contribution >= 4 is 38.6 Å². The van der Waals surface area contributed by atoms with Gasteiger partial charge in [0.15, 0.2) is 10.9 Å². The molecule has 3 aromatic rings. The first-order valence-corrected chi connectivity index (χ1v) is 12.6. The average molecular weight is 501 g/mol. The molecule has 0 aliphatic heterocycles. The van der Waals surface area contributed by atoms with E-state index >= 15 is 0 Å². The lowest BCUT2D eigenvalue weighted by Crippen LogP contribution is -2.24. The summed E-state index contributed by atoms with van der Waals surface area (Å²) >= 11 is 5.47. The molecule has 1 aliphatic carbocycles. The monoisotopic (exact) mass is 500 g/mol. The summed E-state index contributed by atoms with van der Waals surface area (Å²) in [5.41, 5.74) is 2.81. The van der Waals surface area contributed by atoms with E-state index in [0.29, 0.717) is 17.0 Å². The van der Waals surface area contributed by atoms with Crippen molar-refractivity contribution in [3.63, 3.8) is 0 Å². The van der Waals surface area contributed by atoms with Crippen molar-refractivity contribution < 1.29 is 9.47 Å². The van der Waals surface area contributed by atoms with E-state index in [1.54, 1.807) is 11.8 Å². The third-order valence-corrected chi connectivity index (χ3v) is 6.66. The van der Waals surface area contributed by atoms with Crippen molar-refractivity contribution in [3.8, 4) is 11.6 Å². The molecule has 4 rings (SSSR count). The van der Waals surface area contributed by atoms with E-state index in [-0.39, 0.29) is 11.7 Å². The molecule has 6 heteroatoms. The zero-order valence-electron chi connectivity index (χ0n) is 18.7. The van der Waals surface area contributed by atoms with E-state index in [0.717, 1.165) is 32.4 Å². The van der Waals surface area contributed by atoms with Gasteiger partial charge in [0.2, 0.25) is 5.88 Å². The molecule has 4 nitrogen and oxygen atoms in total. The van der Waals surface area contributed by atoms with Crippen molar-refractivity contribution in [2.24, 2.45) is 0 Å². The van der Waals surface area contributed by atoms with Gasteiger partial charge in [0.1, 0.15) is 17.2 Å². The Hall–Kier alpha value is -1.79. The fraction of sp³-hybridized carbons (Fsp3) is 0.440. The Morgan fingerprint density at radius 3 is 2.48 bits per heavy atom. The standard InChI is InChI=1S/C25H29BrN2O2S/c1-6-31-24-27-21-19(23(28-24)30-25(3,4)5)14-18(17-12-13-17)20(26)22(21)29-15(2)16-10-8-7-9-11-16/h7-11,14-15,17H,6,12-13H2,1-5H3/t15-/m0/s1. The average Bonchev–Trinajstić information content (AvgIpc) is 3.55. The lowest BCUT2D eigenvalue weighted by Gasteiger charge is -2.24. The predicted molar refractivity (Wildman–Crippen MR) is 131 cm³/mol. The normalized spacial score (nSPS) is 15.2. The van der Waals surface area contributed by atoms with Crippen LogP contribution in [0.15, 0.2) is 46.0 Å². The van der Waals surface area contributed by atoms with E-state index in [1.807, 2.05) is 39.0 Å². The van der Waals surface area contributed by atoms with Crippen LogP contribution < -0.4 is 9.47 Å². The smallest absolute Gasteiger partial charge is 0.226 e. The minimum atomic E-state index is -0.361. The molecule has 1 atom stereocenters. The number of hydrogen-bond donors (Lipinski definition) is 0. The number of rotatable bonds is 7. The Morgan fingerprint density at radius 1 is 1.16 bits per heavy atom. The van der Waals surface area contributed by atoms with Gasteiger partial charge in [-0.15, -0.1) is 0 Å². The molecule has 1 heterocycles. The number of hydrogen-bond acceptors (Lipinski definition) is 5. The maximum Gasteiger partial charge on any atom is 0.226 e. The third-order valence-electron chi connectivity index (χ3n) is 5.11. The van der Waals surface area contributed by atoms with Crippen LogP contribution in [0, 0.1) is 0 Å². The van der Waals surface area contributed by atoms with E-state index in [2.05, 4.69) is 48.0 Å². The van der Waals surface area contributed by atoms with Gasteiger partial charge in [-0.2, -0.15) is 4.98 Å². The van der Waals surface area contributed by atoms with Crippen LogP contribution in [0.3, 0.4) is 0 Å². The van der Waals surface area contributed by atoms with Gasteiger partial charge in [0, 0.05) is 0 Å². The summed E-state index contributed by atoms with van der Waals surface area (Å²) in [5.74, 6) is 2.83. The van der Waals surface area contributed by atoms with Crippen LogP contribution in [0.5, 0.6) is 11.6 Å². The van der Waals surface area contributed by atoms with Gasteiger partial charge in [-0.05, 0) is 85.3 Å². The summed E-state index contributed by atoms with van der Waals surface area (Å²) in [6, 6.07) is 12.5. The van der Waals surface area contributed by atoms with Gasteiger partial charge in [0.25, 0.3) is 0 Å². The molecular formula is C25H29BrN2O2S. The molecular weight excluding hydrogens is 472 g/mol. The van der Waals surface area contributed by atoms with Gasteiger partial charge in [-0.25, -0.2) is 4.98 Å². The molecule has 0 amide bonds. The molecule has 164 valence electrons. The summed E-state index contributed by atoms with van der Waals surface area (Å²) in [6.07, 6.45) is 2.27. The number of halogens is 1. The Morgan fingerprint density at radius 2 is 1.87 bits per heavy atom. The topological polar surface area (TPSA) is 44.2 Å². The second-order valence-corrected chi connectivity index (χ2v) is 10.9. The zero-order valence-corrected chi connectivity index (χ0v) is 21.1. The SMILES string of the molecule is CCSc1nc(OC(C)(C)C)c2cc(C3CC3)c(Br)c(O[C@@H](C)c3ccccc3)c2n1. The number of ether oxygens (including phenoxy) is 2. The van der Waals surface area contributed by atoms with Crippen molar-refractivity contribution in [1.29, 1.82) is 0 Å². The molecule has 0 N–H and O–H groups in total. The molecule has 1 fully saturated rings. The van der Waals surface area contributed by atoms with Crippen LogP contribution in [0.1, 0.15) is 70.6 Å². The number of aromatic nitrogens is 2. The second-order valence-electron chi connectivity index (χ2n) is 8.91. The Bertz CT molecular complexity index is 1080. The molecule has 0 radical (unpaired) electrons. The molecule has 1 saturated carbocycles. The van der Waals surface area contributed by atoms with Gasteiger partial charge < -0.3 is 9.47 Å². The zero-order chi connectivity index (χ0) is 22.2. The number of nitrogens with zero attached hydrogens (tertiary/aromatic N) is 2.